The van der Waals surface area contributed by atoms with Crippen LogP contribution in [-0.4, -0.2) is 29.1 Å². The zero-order valence-corrected chi connectivity index (χ0v) is 12.2. The van der Waals surface area contributed by atoms with Crippen LogP contribution in [0.1, 0.15) is 16.1 Å². The number of nitrogens with one attached hydrogen (secondary N) is 1. The molecule has 0 atom stereocenters. The monoisotopic (exact) mass is 314 g/mol. The minimum atomic E-state index is -4.00. The Hall–Kier alpha value is -1.93. The first-order chi connectivity index (χ1) is 9.33. The highest BCUT2D eigenvalue weighted by Crippen LogP contribution is 2.15. The SMILES string of the molecule is Cc1c(S(=O)(=O)NC(=O)c2cccnc2Cl)cnn1C. The fraction of sp³-hybridized carbons (Fsp3) is 0.182. The lowest BCUT2D eigenvalue weighted by Gasteiger charge is -2.07. The molecule has 0 aliphatic carbocycles. The summed E-state index contributed by atoms with van der Waals surface area (Å²) in [6, 6.07) is 2.87. The zero-order valence-electron chi connectivity index (χ0n) is 10.7. The van der Waals surface area contributed by atoms with Crippen LogP contribution in [0.2, 0.25) is 5.15 Å². The number of aromatic nitrogens is 3. The Kier molecular flexibility index (Phi) is 3.78. The number of carbonyl (C=O) groups excluding carboxylic acids is 1. The van der Waals surface area contributed by atoms with E-state index in [4.69, 9.17) is 11.6 Å². The molecular formula is C11H11ClN4O3S. The normalized spacial score (nSPS) is 11.3. The summed E-state index contributed by atoms with van der Waals surface area (Å²) in [5.74, 6) is -0.841. The number of halogens is 1. The number of rotatable bonds is 3. The van der Waals surface area contributed by atoms with Gasteiger partial charge < -0.3 is 0 Å². The van der Waals surface area contributed by atoms with Crippen molar-refractivity contribution in [2.45, 2.75) is 11.8 Å². The molecule has 0 aliphatic rings. The van der Waals surface area contributed by atoms with Crippen molar-refractivity contribution >= 4 is 27.5 Å². The van der Waals surface area contributed by atoms with Gasteiger partial charge in [0.25, 0.3) is 15.9 Å². The number of pyridine rings is 1. The van der Waals surface area contributed by atoms with E-state index in [0.717, 1.165) is 0 Å². The molecule has 0 unspecified atom stereocenters. The van der Waals surface area contributed by atoms with Gasteiger partial charge in [0.1, 0.15) is 10.0 Å². The van der Waals surface area contributed by atoms with Crippen LogP contribution in [0, 0.1) is 6.92 Å². The maximum absolute atomic E-state index is 12.1. The second-order valence-corrected chi connectivity index (χ2v) is 6.00. The molecule has 20 heavy (non-hydrogen) atoms. The molecule has 1 N–H and O–H groups in total. The second kappa shape index (κ2) is 5.22. The average Bonchev–Trinajstić information content (AvgIpc) is 2.70. The molecule has 0 spiro atoms. The van der Waals surface area contributed by atoms with E-state index >= 15 is 0 Å². The van der Waals surface area contributed by atoms with Crippen molar-refractivity contribution in [3.8, 4) is 0 Å². The summed E-state index contributed by atoms with van der Waals surface area (Å²) in [5, 5.41) is 3.76. The number of aryl methyl sites for hydroxylation is 1. The van der Waals surface area contributed by atoms with Crippen molar-refractivity contribution in [2.75, 3.05) is 0 Å². The third-order valence-electron chi connectivity index (χ3n) is 2.71. The largest absolute Gasteiger partial charge is 0.272 e. The quantitative estimate of drug-likeness (QED) is 0.849. The molecule has 0 radical (unpaired) electrons. The van der Waals surface area contributed by atoms with Crippen molar-refractivity contribution in [3.63, 3.8) is 0 Å². The van der Waals surface area contributed by atoms with Gasteiger partial charge in [0.05, 0.1) is 17.5 Å². The van der Waals surface area contributed by atoms with E-state index in [1.807, 2.05) is 4.72 Å². The van der Waals surface area contributed by atoms with Crippen LogP contribution < -0.4 is 4.72 Å². The van der Waals surface area contributed by atoms with E-state index in [9.17, 15) is 13.2 Å². The predicted molar refractivity (Wildman–Crippen MR) is 71.8 cm³/mol. The van der Waals surface area contributed by atoms with Gasteiger partial charge in [-0.05, 0) is 19.1 Å². The van der Waals surface area contributed by atoms with Gasteiger partial charge in [-0.25, -0.2) is 18.1 Å². The number of nitrogens with zero attached hydrogens (tertiary/aromatic N) is 3. The summed E-state index contributed by atoms with van der Waals surface area (Å²) in [4.78, 5) is 15.6. The lowest BCUT2D eigenvalue weighted by atomic mass is 10.3. The van der Waals surface area contributed by atoms with Gasteiger partial charge in [-0.15, -0.1) is 0 Å². The Bertz CT molecular complexity index is 770. The highest BCUT2D eigenvalue weighted by Gasteiger charge is 2.24. The number of hydrogen-bond acceptors (Lipinski definition) is 5. The molecule has 7 nitrogen and oxygen atoms in total. The minimum absolute atomic E-state index is 0.0146. The van der Waals surface area contributed by atoms with Gasteiger partial charge >= 0.3 is 0 Å². The number of hydrogen-bond donors (Lipinski definition) is 1. The Morgan fingerprint density at radius 1 is 1.45 bits per heavy atom. The van der Waals surface area contributed by atoms with E-state index < -0.39 is 15.9 Å². The van der Waals surface area contributed by atoms with Gasteiger partial charge in [-0.2, -0.15) is 5.10 Å². The van der Waals surface area contributed by atoms with Crippen LogP contribution in [0.15, 0.2) is 29.4 Å². The Morgan fingerprint density at radius 3 is 2.70 bits per heavy atom. The highest BCUT2D eigenvalue weighted by molar-refractivity contribution is 7.90. The Morgan fingerprint density at radius 2 is 2.15 bits per heavy atom. The fourth-order valence-corrected chi connectivity index (χ4v) is 2.91. The van der Waals surface area contributed by atoms with Crippen LogP contribution >= 0.6 is 11.6 Å². The lowest BCUT2D eigenvalue weighted by Crippen LogP contribution is -2.31. The van der Waals surface area contributed by atoms with Gasteiger partial charge in [-0.3, -0.25) is 9.48 Å². The van der Waals surface area contributed by atoms with Crippen molar-refractivity contribution in [1.29, 1.82) is 0 Å². The Balaban J connectivity index is 2.32. The van der Waals surface area contributed by atoms with Gasteiger partial charge in [0.15, 0.2) is 0 Å². The Labute approximate surface area is 120 Å². The van der Waals surface area contributed by atoms with E-state index in [2.05, 4.69) is 10.1 Å². The maximum atomic E-state index is 12.1. The van der Waals surface area contributed by atoms with Crippen LogP contribution in [-0.2, 0) is 17.1 Å². The van der Waals surface area contributed by atoms with Gasteiger partial charge in [0, 0.05) is 13.2 Å². The molecule has 0 fully saturated rings. The van der Waals surface area contributed by atoms with Crippen LogP contribution in [0.5, 0.6) is 0 Å². The standard InChI is InChI=1S/C11H11ClN4O3S/c1-7-9(6-14-16(7)2)20(18,19)15-11(17)8-4-3-5-13-10(8)12/h3-6H,1-2H3,(H,15,17). The van der Waals surface area contributed by atoms with Crippen LogP contribution in [0.4, 0.5) is 0 Å². The van der Waals surface area contributed by atoms with E-state index in [-0.39, 0.29) is 15.6 Å². The summed E-state index contributed by atoms with van der Waals surface area (Å²) in [6.45, 7) is 1.59. The lowest BCUT2D eigenvalue weighted by molar-refractivity contribution is 0.0981. The van der Waals surface area contributed by atoms with Crippen molar-refractivity contribution < 1.29 is 13.2 Å². The number of amides is 1. The molecule has 0 aliphatic heterocycles. The van der Waals surface area contributed by atoms with Crippen LogP contribution in [0.25, 0.3) is 0 Å². The number of carbonyl (C=O) groups is 1. The average molecular weight is 315 g/mol. The molecule has 2 aromatic heterocycles. The summed E-state index contributed by atoms with van der Waals surface area (Å²) < 4.78 is 27.6. The van der Waals surface area contributed by atoms with Crippen LogP contribution in [0.3, 0.4) is 0 Å². The minimum Gasteiger partial charge on any atom is -0.272 e. The predicted octanol–water partition coefficient (Wildman–Crippen LogP) is 0.896. The molecule has 0 saturated carbocycles. The zero-order chi connectivity index (χ0) is 14.9. The van der Waals surface area contributed by atoms with E-state index in [1.165, 1.54) is 29.2 Å². The van der Waals surface area contributed by atoms with Gasteiger partial charge in [0.2, 0.25) is 0 Å². The third kappa shape index (κ3) is 2.66. The first-order valence-corrected chi connectivity index (χ1v) is 7.35. The molecule has 2 aromatic rings. The maximum Gasteiger partial charge on any atom is 0.268 e. The van der Waals surface area contributed by atoms with E-state index in [1.54, 1.807) is 14.0 Å². The molecule has 0 aromatic carbocycles. The molecule has 106 valence electrons. The van der Waals surface area contributed by atoms with Crippen molar-refractivity contribution in [3.05, 3.63) is 40.9 Å². The molecule has 0 saturated heterocycles. The fourth-order valence-electron chi connectivity index (χ4n) is 1.53. The topological polar surface area (TPSA) is 93.9 Å². The smallest absolute Gasteiger partial charge is 0.268 e. The molecular weight excluding hydrogens is 304 g/mol. The van der Waals surface area contributed by atoms with Crippen molar-refractivity contribution in [2.24, 2.45) is 7.05 Å². The van der Waals surface area contributed by atoms with Crippen molar-refractivity contribution in [1.82, 2.24) is 19.5 Å². The van der Waals surface area contributed by atoms with E-state index in [0.29, 0.717) is 5.69 Å². The number of sulfonamides is 1. The summed E-state index contributed by atoms with van der Waals surface area (Å²) in [5.41, 5.74) is 0.405. The second-order valence-electron chi connectivity index (χ2n) is 3.99. The highest BCUT2D eigenvalue weighted by atomic mass is 35.5. The molecule has 9 heteroatoms. The molecule has 2 rings (SSSR count). The third-order valence-corrected chi connectivity index (χ3v) is 4.45. The molecule has 2 heterocycles. The summed E-state index contributed by atoms with van der Waals surface area (Å²) >= 11 is 5.75. The first kappa shape index (κ1) is 14.5. The van der Waals surface area contributed by atoms with Gasteiger partial charge in [-0.1, -0.05) is 11.6 Å². The summed E-state index contributed by atoms with van der Waals surface area (Å²) in [6.07, 6.45) is 2.58. The first-order valence-electron chi connectivity index (χ1n) is 5.49. The summed E-state index contributed by atoms with van der Waals surface area (Å²) in [7, 11) is -2.40. The molecule has 0 bridgehead atoms. The molecule has 1 amide bonds.